The first-order chi connectivity index (χ1) is 74.5. The molecule has 0 spiro atoms. The number of rotatable bonds is 13. The maximum Gasteiger partial charge on any atom is 0.0541 e. The molecule has 6 heterocycles. The van der Waals surface area contributed by atoms with Crippen molar-refractivity contribution in [1.29, 1.82) is 0 Å². The predicted octanol–water partition coefficient (Wildman–Crippen LogP) is 38.8. The molecule has 700 valence electrons. The molecule has 0 saturated carbocycles. The van der Waals surface area contributed by atoms with Crippen molar-refractivity contribution in [2.45, 2.75) is 0 Å². The fourth-order valence-corrected chi connectivity index (χ4v) is 24.2. The van der Waals surface area contributed by atoms with Crippen molar-refractivity contribution >= 4 is 163 Å². The van der Waals surface area contributed by atoms with Gasteiger partial charge in [-0.1, -0.05) is 394 Å². The molecule has 0 aliphatic heterocycles. The molecule has 0 atom stereocenters. The van der Waals surface area contributed by atoms with Gasteiger partial charge in [0.25, 0.3) is 0 Å². The van der Waals surface area contributed by atoms with Crippen molar-refractivity contribution in [3.05, 3.63) is 570 Å². The van der Waals surface area contributed by atoms with E-state index in [0.717, 1.165) is 0 Å². The minimum absolute atomic E-state index is 1.17. The topological polar surface area (TPSA) is 29.6 Å². The molecular formula is C144H94N6. The zero-order valence-corrected chi connectivity index (χ0v) is 82.0. The number of benzene rings is 25. The summed E-state index contributed by atoms with van der Waals surface area (Å²) in [6.45, 7) is 0. The normalized spacial score (nSPS) is 11.7. The molecule has 31 rings (SSSR count). The SMILES string of the molecule is c1ccc(-c2cccc(-c3ccccc3-n3c4ccccc4c4cc(-c5ccc6c(c5)c5ccccc5n6-c5ccccc5)ccc43)c2)cc1.c1ccc(-n2c3ccccc3c3cc(-c4ccc5c(c4)c4ccccc4n5-c4ccccc4-c4cc5ccccc5c5ccccc45)ccc32)cc1.c1ccc(-n2c3ccccc3c3cc(-c4ccc5c(c4)c4ccccc4n5-c4ccccc4-c4cccc5ccccc45)ccc32)cc1. The Morgan fingerprint density at radius 1 is 0.0933 bits per heavy atom. The smallest absolute Gasteiger partial charge is 0.0541 e. The standard InChI is InChI=1S/C50H32N2.C48H32N2.C46H30N2/c1-2-15-36(16-3-1)51-46-23-11-9-21-41(46)44-30-33(26-28-49(44)51)34-27-29-50-45(31-34)42-22-10-13-25-48(42)52(50)47-24-12-8-20-40(47)43-32-35-14-4-5-17-37(35)38-18-6-7-19-39(38)43;1-3-14-33(15-4-1)34-16-13-17-37(30-34)39-20-7-10-23-44(39)50-46-25-12-9-22-41(46)43-32-36(27-29-48(43)50)35-26-28-47-42(31-35)40-21-8-11-24-45(40)49(47)38-18-5-2-6-19-38;1-2-15-34(16-3-1)47-42-22-9-7-19-38(42)40-29-32(25-27-45(40)47)33-26-28-46-41(30-33)39-20-8-11-24-44(39)48(46)43-23-10-6-18-37(43)36-21-12-14-31-13-4-5-17-35(31)36/h1-32H;1-32H;1-30H. The number of hydrogen-bond donors (Lipinski definition) is 0. The molecule has 0 aliphatic carbocycles. The summed E-state index contributed by atoms with van der Waals surface area (Å²) in [6, 6.07) is 208. The van der Waals surface area contributed by atoms with Crippen LogP contribution in [-0.2, 0) is 0 Å². The third kappa shape index (κ3) is 14.5. The average molecular weight is 1910 g/mol. The largest absolute Gasteiger partial charge is 0.309 e. The van der Waals surface area contributed by atoms with Crippen LogP contribution in [0, 0.1) is 0 Å². The highest BCUT2D eigenvalue weighted by Gasteiger charge is 2.26. The van der Waals surface area contributed by atoms with Crippen LogP contribution in [0.1, 0.15) is 0 Å². The van der Waals surface area contributed by atoms with Gasteiger partial charge in [-0.25, -0.2) is 0 Å². The first-order valence-corrected chi connectivity index (χ1v) is 51.7. The van der Waals surface area contributed by atoms with Gasteiger partial charge in [-0.3, -0.25) is 0 Å². The molecule has 0 amide bonds. The van der Waals surface area contributed by atoms with E-state index in [-0.39, 0.29) is 0 Å². The number of fused-ring (bicyclic) bond motifs is 22. The van der Waals surface area contributed by atoms with Crippen LogP contribution >= 0.6 is 0 Å². The molecule has 0 N–H and O–H groups in total. The maximum atomic E-state index is 2.46. The van der Waals surface area contributed by atoms with Crippen LogP contribution in [0.3, 0.4) is 0 Å². The monoisotopic (exact) mass is 1910 g/mol. The maximum absolute atomic E-state index is 2.46. The fourth-order valence-electron chi connectivity index (χ4n) is 24.2. The lowest BCUT2D eigenvalue weighted by Crippen LogP contribution is -1.97. The fraction of sp³-hybridized carbons (Fsp3) is 0. The summed E-state index contributed by atoms with van der Waals surface area (Å²) in [5, 5.41) is 22.7. The Morgan fingerprint density at radius 2 is 0.327 bits per heavy atom. The summed E-state index contributed by atoms with van der Waals surface area (Å²) in [4.78, 5) is 0. The highest BCUT2D eigenvalue weighted by molar-refractivity contribution is 6.20. The van der Waals surface area contributed by atoms with Gasteiger partial charge in [0.15, 0.2) is 0 Å². The van der Waals surface area contributed by atoms with Crippen LogP contribution < -0.4 is 0 Å². The van der Waals surface area contributed by atoms with E-state index in [9.17, 15) is 0 Å². The van der Waals surface area contributed by atoms with E-state index in [2.05, 4.69) is 598 Å². The van der Waals surface area contributed by atoms with E-state index in [1.807, 2.05) is 0 Å². The summed E-state index contributed by atoms with van der Waals surface area (Å²) < 4.78 is 14.5. The van der Waals surface area contributed by atoms with E-state index in [0.29, 0.717) is 0 Å². The summed E-state index contributed by atoms with van der Waals surface area (Å²) in [6.07, 6.45) is 0. The van der Waals surface area contributed by atoms with Gasteiger partial charge in [-0.05, 0) is 269 Å². The van der Waals surface area contributed by atoms with Gasteiger partial charge < -0.3 is 27.4 Å². The Balaban J connectivity index is 0.000000106. The van der Waals surface area contributed by atoms with Crippen molar-refractivity contribution in [2.75, 3.05) is 0 Å². The van der Waals surface area contributed by atoms with E-state index in [1.165, 1.54) is 275 Å². The summed E-state index contributed by atoms with van der Waals surface area (Å²) in [7, 11) is 0. The zero-order valence-electron chi connectivity index (χ0n) is 82.0. The van der Waals surface area contributed by atoms with E-state index >= 15 is 0 Å². The molecule has 0 radical (unpaired) electrons. The van der Waals surface area contributed by atoms with Gasteiger partial charge in [0.1, 0.15) is 0 Å². The van der Waals surface area contributed by atoms with Crippen LogP contribution in [0.25, 0.3) is 275 Å². The lowest BCUT2D eigenvalue weighted by molar-refractivity contribution is 1.18. The summed E-state index contributed by atoms with van der Waals surface area (Å²) in [5.41, 5.74) is 38.6. The van der Waals surface area contributed by atoms with Crippen molar-refractivity contribution in [3.63, 3.8) is 0 Å². The van der Waals surface area contributed by atoms with Crippen LogP contribution in [0.2, 0.25) is 0 Å². The Hall–Kier alpha value is -19.9. The molecule has 150 heavy (non-hydrogen) atoms. The van der Waals surface area contributed by atoms with Crippen LogP contribution in [0.4, 0.5) is 0 Å². The van der Waals surface area contributed by atoms with E-state index in [4.69, 9.17) is 0 Å². The molecule has 0 aliphatic rings. The highest BCUT2D eigenvalue weighted by atomic mass is 15.0. The van der Waals surface area contributed by atoms with Gasteiger partial charge in [0.2, 0.25) is 0 Å². The average Bonchev–Trinajstić information content (AvgIpc) is 1.57. The van der Waals surface area contributed by atoms with Gasteiger partial charge >= 0.3 is 0 Å². The molecule has 31 aromatic rings. The third-order valence-corrected chi connectivity index (χ3v) is 30.9. The molecule has 0 fully saturated rings. The molecule has 6 heteroatoms. The zero-order chi connectivity index (χ0) is 98.8. The van der Waals surface area contributed by atoms with E-state index in [1.54, 1.807) is 0 Å². The first kappa shape index (κ1) is 86.7. The van der Waals surface area contributed by atoms with Crippen molar-refractivity contribution in [3.8, 4) is 112 Å². The van der Waals surface area contributed by atoms with Crippen LogP contribution in [0.5, 0.6) is 0 Å². The summed E-state index contributed by atoms with van der Waals surface area (Å²) in [5.74, 6) is 0. The van der Waals surface area contributed by atoms with Gasteiger partial charge in [-0.2, -0.15) is 0 Å². The van der Waals surface area contributed by atoms with Crippen LogP contribution in [0.15, 0.2) is 570 Å². The Morgan fingerprint density at radius 3 is 0.713 bits per heavy atom. The minimum atomic E-state index is 1.17. The van der Waals surface area contributed by atoms with Crippen molar-refractivity contribution in [1.82, 2.24) is 27.4 Å². The number of para-hydroxylation sites is 12. The Bertz CT molecular complexity index is 10800. The second-order valence-corrected chi connectivity index (χ2v) is 39.2. The second kappa shape index (κ2) is 36.1. The number of nitrogens with zero attached hydrogens (tertiary/aromatic N) is 6. The van der Waals surface area contributed by atoms with Crippen LogP contribution in [-0.4, -0.2) is 27.4 Å². The lowest BCUT2D eigenvalue weighted by Gasteiger charge is -2.17. The second-order valence-electron chi connectivity index (χ2n) is 39.2. The predicted molar refractivity (Wildman–Crippen MR) is 636 cm³/mol. The number of hydrogen-bond acceptors (Lipinski definition) is 0. The van der Waals surface area contributed by atoms with Gasteiger partial charge in [-0.15, -0.1) is 0 Å². The molecule has 25 aromatic carbocycles. The number of aromatic nitrogens is 6. The molecule has 6 aromatic heterocycles. The van der Waals surface area contributed by atoms with Crippen molar-refractivity contribution < 1.29 is 0 Å². The molecular weight excluding hydrogens is 1810 g/mol. The van der Waals surface area contributed by atoms with E-state index < -0.39 is 0 Å². The minimum Gasteiger partial charge on any atom is -0.309 e. The van der Waals surface area contributed by atoms with Gasteiger partial charge in [0.05, 0.1) is 83.3 Å². The van der Waals surface area contributed by atoms with Crippen molar-refractivity contribution in [2.24, 2.45) is 0 Å². The molecule has 0 saturated heterocycles. The summed E-state index contributed by atoms with van der Waals surface area (Å²) >= 11 is 0. The quantitative estimate of drug-likeness (QED) is 0.103. The third-order valence-electron chi connectivity index (χ3n) is 30.9. The van der Waals surface area contributed by atoms with Gasteiger partial charge in [0, 0.05) is 98.4 Å². The lowest BCUT2D eigenvalue weighted by atomic mass is 9.92. The molecule has 0 bridgehead atoms. The Kier molecular flexibility index (Phi) is 20.9. The first-order valence-electron chi connectivity index (χ1n) is 51.7. The Labute approximate surface area is 866 Å². The molecule has 0 unspecified atom stereocenters. The molecule has 6 nitrogen and oxygen atoms in total. The highest BCUT2D eigenvalue weighted by Crippen LogP contribution is 2.49.